The van der Waals surface area contributed by atoms with Crippen LogP contribution in [-0.2, 0) is 0 Å². The second-order valence-electron chi connectivity index (χ2n) is 1.41. The van der Waals surface area contributed by atoms with Crippen LogP contribution >= 0.6 is 39.1 Å². The highest BCUT2D eigenvalue weighted by atomic mass is 79.9. The molecule has 0 aromatic carbocycles. The lowest BCUT2D eigenvalue weighted by Gasteiger charge is -1.99. The van der Waals surface area contributed by atoms with Crippen molar-refractivity contribution < 1.29 is 0 Å². The van der Waals surface area contributed by atoms with Crippen molar-refractivity contribution in [1.29, 1.82) is 0 Å². The average Bonchev–Trinajstić information content (AvgIpc) is 1.27. The first-order valence-corrected chi connectivity index (χ1v) is 3.84. The van der Waals surface area contributed by atoms with E-state index in [9.17, 15) is 0 Å². The van der Waals surface area contributed by atoms with E-state index in [1.807, 2.05) is 6.92 Å². The summed E-state index contributed by atoms with van der Waals surface area (Å²) in [6.45, 7) is 2.01. The maximum atomic E-state index is 5.41. The van der Waals surface area contributed by atoms with Gasteiger partial charge in [0.2, 0.25) is 0 Å². The van der Waals surface area contributed by atoms with E-state index in [1.165, 1.54) is 0 Å². The molecule has 0 saturated heterocycles. The zero-order valence-electron chi connectivity index (χ0n) is 4.00. The van der Waals surface area contributed by atoms with E-state index in [-0.39, 0.29) is 4.84 Å². The molecule has 1 atom stereocenters. The van der Waals surface area contributed by atoms with Gasteiger partial charge in [-0.25, -0.2) is 0 Å². The molecule has 7 heavy (non-hydrogen) atoms. The highest BCUT2D eigenvalue weighted by Crippen LogP contribution is 2.14. The van der Waals surface area contributed by atoms with Crippen LogP contribution in [-0.4, -0.2) is 9.66 Å². The molecule has 0 bridgehead atoms. The fourth-order valence-electron chi connectivity index (χ4n) is 0.246. The van der Waals surface area contributed by atoms with Crippen LogP contribution in [0.15, 0.2) is 0 Å². The third-order valence-electron chi connectivity index (χ3n) is 0.503. The molecule has 0 aromatic heterocycles. The van der Waals surface area contributed by atoms with E-state index < -0.39 is 0 Å². The Labute approximate surface area is 62.3 Å². The quantitative estimate of drug-likeness (QED) is 0.609. The molecule has 0 rings (SSSR count). The highest BCUT2D eigenvalue weighted by molar-refractivity contribution is 9.09. The van der Waals surface area contributed by atoms with Crippen molar-refractivity contribution in [3.63, 3.8) is 0 Å². The van der Waals surface area contributed by atoms with Crippen LogP contribution in [0, 0.1) is 0 Å². The van der Waals surface area contributed by atoms with Crippen LogP contribution in [0.2, 0.25) is 0 Å². The molecule has 1 unspecified atom stereocenters. The average molecular weight is 206 g/mol. The minimum Gasteiger partial charge on any atom is -0.105 e. The van der Waals surface area contributed by atoms with E-state index >= 15 is 0 Å². The van der Waals surface area contributed by atoms with Gasteiger partial charge in [0.25, 0.3) is 0 Å². The van der Waals surface area contributed by atoms with Gasteiger partial charge in [-0.05, 0) is 6.42 Å². The Balaban J connectivity index is 2.95. The van der Waals surface area contributed by atoms with E-state index in [0.29, 0.717) is 4.83 Å². The predicted octanol–water partition coefficient (Wildman–Crippen LogP) is 2.96. The Morgan fingerprint density at radius 2 is 2.00 bits per heavy atom. The second kappa shape index (κ2) is 3.99. The van der Waals surface area contributed by atoms with Crippen LogP contribution in [0.5, 0.6) is 0 Å². The maximum absolute atomic E-state index is 5.41. The predicted molar refractivity (Wildman–Crippen MR) is 38.5 cm³/mol. The van der Waals surface area contributed by atoms with Gasteiger partial charge in [-0.15, -0.1) is 23.2 Å². The summed E-state index contributed by atoms with van der Waals surface area (Å²) < 4.78 is 0. The third-order valence-corrected chi connectivity index (χ3v) is 1.23. The van der Waals surface area contributed by atoms with Crippen molar-refractivity contribution in [1.82, 2.24) is 0 Å². The molecule has 0 aliphatic carbocycles. The summed E-state index contributed by atoms with van der Waals surface area (Å²) >= 11 is 14.1. The number of hydrogen-bond acceptors (Lipinski definition) is 0. The van der Waals surface area contributed by atoms with Crippen molar-refractivity contribution in [3.05, 3.63) is 0 Å². The molecule has 0 N–H and O–H groups in total. The van der Waals surface area contributed by atoms with Gasteiger partial charge in [0, 0.05) is 4.83 Å². The Morgan fingerprint density at radius 1 is 1.57 bits per heavy atom. The number of halogens is 3. The zero-order valence-corrected chi connectivity index (χ0v) is 7.09. The standard InChI is InChI=1S/C4H7BrCl2/c1-3(5)2-4(6)7/h3-4H,2H2,1H3. The van der Waals surface area contributed by atoms with Crippen LogP contribution in [0.4, 0.5) is 0 Å². The molecule has 0 aliphatic heterocycles. The summed E-state index contributed by atoms with van der Waals surface area (Å²) in [7, 11) is 0. The first-order valence-electron chi connectivity index (χ1n) is 2.05. The van der Waals surface area contributed by atoms with E-state index in [2.05, 4.69) is 15.9 Å². The molecule has 0 aromatic rings. The Hall–Kier alpha value is 1.06. The molecule has 0 amide bonds. The molecule has 0 spiro atoms. The summed E-state index contributed by atoms with van der Waals surface area (Å²) in [6, 6.07) is 0. The molecule has 0 fully saturated rings. The lowest BCUT2D eigenvalue weighted by atomic mass is 10.4. The van der Waals surface area contributed by atoms with E-state index in [4.69, 9.17) is 23.2 Å². The SMILES string of the molecule is CC(Br)CC(Cl)Cl. The first kappa shape index (κ1) is 8.06. The summed E-state index contributed by atoms with van der Waals surface area (Å²) in [5.74, 6) is 0. The van der Waals surface area contributed by atoms with Gasteiger partial charge < -0.3 is 0 Å². The van der Waals surface area contributed by atoms with Gasteiger partial charge in [-0.3, -0.25) is 0 Å². The molecule has 3 heteroatoms. The minimum absolute atomic E-state index is 0.227. The molecule has 0 saturated carbocycles. The lowest BCUT2D eigenvalue weighted by molar-refractivity contribution is 0.893. The van der Waals surface area contributed by atoms with Crippen LogP contribution in [0.1, 0.15) is 13.3 Å². The van der Waals surface area contributed by atoms with Crippen molar-refractivity contribution >= 4 is 39.1 Å². The van der Waals surface area contributed by atoms with Gasteiger partial charge in [0.05, 0.1) is 0 Å². The van der Waals surface area contributed by atoms with Gasteiger partial charge in [0.1, 0.15) is 4.84 Å². The summed E-state index contributed by atoms with van der Waals surface area (Å²) in [6.07, 6.45) is 0.809. The molecular formula is C4H7BrCl2. The Morgan fingerprint density at radius 3 is 2.00 bits per heavy atom. The smallest absolute Gasteiger partial charge is 0.105 e. The molecule has 0 heterocycles. The van der Waals surface area contributed by atoms with Crippen LogP contribution < -0.4 is 0 Å². The monoisotopic (exact) mass is 204 g/mol. The Bertz CT molecular complexity index is 39.0. The van der Waals surface area contributed by atoms with Gasteiger partial charge >= 0.3 is 0 Å². The van der Waals surface area contributed by atoms with E-state index in [1.54, 1.807) is 0 Å². The number of hydrogen-bond donors (Lipinski definition) is 0. The second-order valence-corrected chi connectivity index (χ2v) is 4.25. The highest BCUT2D eigenvalue weighted by Gasteiger charge is 2.01. The molecular weight excluding hydrogens is 199 g/mol. The third kappa shape index (κ3) is 7.06. The van der Waals surface area contributed by atoms with Crippen molar-refractivity contribution in [2.24, 2.45) is 0 Å². The summed E-state index contributed by atoms with van der Waals surface area (Å²) in [5.41, 5.74) is 0. The fourth-order valence-corrected chi connectivity index (χ4v) is 1.58. The van der Waals surface area contributed by atoms with Gasteiger partial charge in [0.15, 0.2) is 0 Å². The largest absolute Gasteiger partial charge is 0.108 e. The molecule has 0 nitrogen and oxygen atoms in total. The summed E-state index contributed by atoms with van der Waals surface area (Å²) in [5, 5.41) is 0. The van der Waals surface area contributed by atoms with Gasteiger partial charge in [-0.2, -0.15) is 0 Å². The first-order chi connectivity index (χ1) is 3.13. The summed E-state index contributed by atoms with van der Waals surface area (Å²) in [4.78, 5) is 0.196. The minimum atomic E-state index is -0.227. The van der Waals surface area contributed by atoms with Crippen molar-refractivity contribution in [2.75, 3.05) is 0 Å². The van der Waals surface area contributed by atoms with Gasteiger partial charge in [-0.1, -0.05) is 22.9 Å². The van der Waals surface area contributed by atoms with Crippen LogP contribution in [0.3, 0.4) is 0 Å². The topological polar surface area (TPSA) is 0 Å². The fraction of sp³-hybridized carbons (Fsp3) is 1.00. The maximum Gasteiger partial charge on any atom is 0.108 e. The zero-order chi connectivity index (χ0) is 5.86. The lowest BCUT2D eigenvalue weighted by Crippen LogP contribution is -1.95. The number of alkyl halides is 3. The van der Waals surface area contributed by atoms with Crippen molar-refractivity contribution in [2.45, 2.75) is 23.0 Å². The molecule has 44 valence electrons. The Kier molecular flexibility index (Phi) is 4.60. The molecule has 0 radical (unpaired) electrons. The van der Waals surface area contributed by atoms with Crippen molar-refractivity contribution in [3.8, 4) is 0 Å². The molecule has 0 aliphatic rings. The number of rotatable bonds is 2. The normalized spacial score (nSPS) is 15.0. The van der Waals surface area contributed by atoms with E-state index in [0.717, 1.165) is 6.42 Å². The van der Waals surface area contributed by atoms with Crippen LogP contribution in [0.25, 0.3) is 0 Å².